The first-order valence-corrected chi connectivity index (χ1v) is 11.1. The van der Waals surface area contributed by atoms with Crippen molar-refractivity contribution in [2.75, 3.05) is 18.5 Å². The van der Waals surface area contributed by atoms with E-state index in [1.54, 1.807) is 12.1 Å². The van der Waals surface area contributed by atoms with Crippen molar-refractivity contribution in [2.45, 2.75) is 30.2 Å². The standard InChI is InChI=1S/C22H22N4O3S/c1-14-4-7-16(8-5-14)19-17-12-15(2)6-9-18(17)30(28,29)22-20(26-19)21(24-13-25-22)23-10-3-11-27/h4-9,12-13,27H,3,10-11H2,1-2H3,(H,23,24,25). The van der Waals surface area contributed by atoms with E-state index in [9.17, 15) is 8.42 Å². The number of nitrogens with zero attached hydrogens (tertiary/aromatic N) is 3. The zero-order valence-corrected chi connectivity index (χ0v) is 17.6. The zero-order valence-electron chi connectivity index (χ0n) is 16.8. The fraction of sp³-hybridized carbons (Fsp3) is 0.227. The number of aliphatic imine (C=N–C) groups is 1. The van der Waals surface area contributed by atoms with Crippen LogP contribution in [0.5, 0.6) is 0 Å². The summed E-state index contributed by atoms with van der Waals surface area (Å²) >= 11 is 0. The van der Waals surface area contributed by atoms with E-state index < -0.39 is 9.84 Å². The van der Waals surface area contributed by atoms with Gasteiger partial charge in [-0.1, -0.05) is 41.5 Å². The van der Waals surface area contributed by atoms with Crippen LogP contribution in [0.25, 0.3) is 0 Å². The molecule has 1 aliphatic rings. The number of nitrogens with one attached hydrogen (secondary N) is 1. The molecule has 0 saturated heterocycles. The molecule has 2 heterocycles. The largest absolute Gasteiger partial charge is 0.396 e. The Morgan fingerprint density at radius 2 is 1.73 bits per heavy atom. The normalized spacial score (nSPS) is 14.3. The summed E-state index contributed by atoms with van der Waals surface area (Å²) < 4.78 is 27.0. The van der Waals surface area contributed by atoms with Crippen molar-refractivity contribution in [3.05, 3.63) is 71.0 Å². The predicted octanol–water partition coefficient (Wildman–Crippen LogP) is 3.20. The Balaban J connectivity index is 2.02. The van der Waals surface area contributed by atoms with Crippen LogP contribution in [0.15, 0.2) is 63.7 Å². The van der Waals surface area contributed by atoms with Crippen molar-refractivity contribution in [1.29, 1.82) is 0 Å². The Morgan fingerprint density at radius 1 is 1.00 bits per heavy atom. The minimum Gasteiger partial charge on any atom is -0.396 e. The number of rotatable bonds is 5. The van der Waals surface area contributed by atoms with E-state index >= 15 is 0 Å². The van der Waals surface area contributed by atoms with Crippen LogP contribution in [-0.4, -0.2) is 42.4 Å². The maximum absolute atomic E-state index is 13.5. The van der Waals surface area contributed by atoms with Gasteiger partial charge < -0.3 is 10.4 Å². The molecule has 1 aromatic heterocycles. The molecule has 7 nitrogen and oxygen atoms in total. The second-order valence-corrected chi connectivity index (χ2v) is 9.04. The smallest absolute Gasteiger partial charge is 0.226 e. The fourth-order valence-electron chi connectivity index (χ4n) is 3.35. The summed E-state index contributed by atoms with van der Waals surface area (Å²) in [4.78, 5) is 13.3. The lowest BCUT2D eigenvalue weighted by atomic mass is 9.99. The average molecular weight is 423 g/mol. The number of aromatic nitrogens is 2. The van der Waals surface area contributed by atoms with Gasteiger partial charge in [0.2, 0.25) is 9.84 Å². The third kappa shape index (κ3) is 3.59. The molecule has 8 heteroatoms. The molecular formula is C22H22N4O3S. The monoisotopic (exact) mass is 422 g/mol. The van der Waals surface area contributed by atoms with E-state index in [1.165, 1.54) is 6.33 Å². The molecule has 0 fully saturated rings. The van der Waals surface area contributed by atoms with Crippen molar-refractivity contribution in [3.63, 3.8) is 0 Å². The highest BCUT2D eigenvalue weighted by molar-refractivity contribution is 7.91. The third-order valence-electron chi connectivity index (χ3n) is 4.90. The maximum Gasteiger partial charge on any atom is 0.226 e. The number of fused-ring (bicyclic) bond motifs is 2. The molecule has 0 bridgehead atoms. The Morgan fingerprint density at radius 3 is 2.47 bits per heavy atom. The van der Waals surface area contributed by atoms with Crippen LogP contribution in [0.4, 0.5) is 11.5 Å². The number of hydrogen-bond donors (Lipinski definition) is 2. The van der Waals surface area contributed by atoms with Gasteiger partial charge in [-0.2, -0.15) is 0 Å². The SMILES string of the molecule is Cc1ccc(C2=Nc3c(NCCCO)ncnc3S(=O)(=O)c3ccc(C)cc32)cc1. The van der Waals surface area contributed by atoms with Crippen molar-refractivity contribution >= 4 is 27.1 Å². The minimum atomic E-state index is -3.91. The number of aryl methyl sites for hydroxylation is 2. The molecule has 30 heavy (non-hydrogen) atoms. The molecule has 3 aromatic rings. The predicted molar refractivity (Wildman–Crippen MR) is 115 cm³/mol. The summed E-state index contributed by atoms with van der Waals surface area (Å²) in [6, 6.07) is 13.0. The number of aliphatic hydroxyl groups is 1. The van der Waals surface area contributed by atoms with E-state index in [0.29, 0.717) is 30.1 Å². The first-order valence-electron chi connectivity index (χ1n) is 9.63. The lowest BCUT2D eigenvalue weighted by Crippen LogP contribution is -2.11. The number of anilines is 1. The van der Waals surface area contributed by atoms with Gasteiger partial charge in [-0.3, -0.25) is 0 Å². The van der Waals surface area contributed by atoms with Crippen LogP contribution < -0.4 is 5.32 Å². The fourth-order valence-corrected chi connectivity index (χ4v) is 4.83. The molecular weight excluding hydrogens is 400 g/mol. The van der Waals surface area contributed by atoms with E-state index in [4.69, 9.17) is 10.1 Å². The van der Waals surface area contributed by atoms with Crippen LogP contribution in [0.3, 0.4) is 0 Å². The van der Waals surface area contributed by atoms with Gasteiger partial charge in [-0.25, -0.2) is 23.4 Å². The molecule has 0 aliphatic carbocycles. The van der Waals surface area contributed by atoms with Crippen LogP contribution >= 0.6 is 0 Å². The van der Waals surface area contributed by atoms with Crippen LogP contribution in [0.1, 0.15) is 28.7 Å². The summed E-state index contributed by atoms with van der Waals surface area (Å²) in [5.74, 6) is 0.325. The van der Waals surface area contributed by atoms with Crippen molar-refractivity contribution in [2.24, 2.45) is 4.99 Å². The van der Waals surface area contributed by atoms with E-state index in [1.807, 2.05) is 44.2 Å². The summed E-state index contributed by atoms with van der Waals surface area (Å²) in [7, 11) is -3.91. The topological polar surface area (TPSA) is 105 Å². The molecule has 2 N–H and O–H groups in total. The van der Waals surface area contributed by atoms with Gasteiger partial charge in [0.1, 0.15) is 12.0 Å². The van der Waals surface area contributed by atoms with Gasteiger partial charge >= 0.3 is 0 Å². The van der Waals surface area contributed by atoms with Crippen LogP contribution in [0, 0.1) is 13.8 Å². The minimum absolute atomic E-state index is 0.0151. The van der Waals surface area contributed by atoms with Gasteiger partial charge in [0, 0.05) is 24.3 Å². The quantitative estimate of drug-likeness (QED) is 0.378. The van der Waals surface area contributed by atoms with Crippen LogP contribution in [-0.2, 0) is 9.84 Å². The van der Waals surface area contributed by atoms with Crippen molar-refractivity contribution in [3.8, 4) is 0 Å². The Hall–Kier alpha value is -3.10. The van der Waals surface area contributed by atoms with Crippen molar-refractivity contribution < 1.29 is 13.5 Å². The number of hydrogen-bond acceptors (Lipinski definition) is 7. The summed E-state index contributed by atoms with van der Waals surface area (Å²) in [5, 5.41) is 12.0. The van der Waals surface area contributed by atoms with Gasteiger partial charge in [0.25, 0.3) is 0 Å². The zero-order chi connectivity index (χ0) is 21.3. The highest BCUT2D eigenvalue weighted by Gasteiger charge is 2.33. The third-order valence-corrected chi connectivity index (χ3v) is 6.64. The highest BCUT2D eigenvalue weighted by atomic mass is 32.2. The highest BCUT2D eigenvalue weighted by Crippen LogP contribution is 2.39. The van der Waals surface area contributed by atoms with E-state index in [2.05, 4.69) is 15.3 Å². The first kappa shape index (κ1) is 20.2. The maximum atomic E-state index is 13.5. The molecule has 0 saturated carbocycles. The first-order chi connectivity index (χ1) is 14.4. The average Bonchev–Trinajstić information content (AvgIpc) is 2.82. The van der Waals surface area contributed by atoms with Crippen LogP contribution in [0.2, 0.25) is 0 Å². The Labute approximate surface area is 175 Å². The lowest BCUT2D eigenvalue weighted by molar-refractivity contribution is 0.292. The molecule has 0 spiro atoms. The van der Waals surface area contributed by atoms with Gasteiger partial charge in [-0.15, -0.1) is 0 Å². The Bertz CT molecular complexity index is 1240. The van der Waals surface area contributed by atoms with Gasteiger partial charge in [-0.05, 0) is 32.4 Å². The number of aliphatic hydroxyl groups excluding tert-OH is 1. The molecule has 0 atom stereocenters. The number of sulfone groups is 1. The summed E-state index contributed by atoms with van der Waals surface area (Å²) in [6.07, 6.45) is 1.72. The molecule has 1 aliphatic heterocycles. The molecule has 154 valence electrons. The van der Waals surface area contributed by atoms with Gasteiger partial charge in [0.15, 0.2) is 10.8 Å². The van der Waals surface area contributed by atoms with Gasteiger partial charge in [0.05, 0.1) is 10.6 Å². The second kappa shape index (κ2) is 7.97. The summed E-state index contributed by atoms with van der Waals surface area (Å²) in [6.45, 7) is 4.36. The Kier molecular flexibility index (Phi) is 5.36. The molecule has 0 amide bonds. The van der Waals surface area contributed by atoms with E-state index in [0.717, 1.165) is 16.7 Å². The molecule has 4 rings (SSSR count). The second-order valence-electron chi connectivity index (χ2n) is 7.21. The lowest BCUT2D eigenvalue weighted by Gasteiger charge is -2.11. The number of benzene rings is 2. The molecule has 0 radical (unpaired) electrons. The van der Waals surface area contributed by atoms with E-state index in [-0.39, 0.29) is 22.2 Å². The molecule has 0 unspecified atom stereocenters. The summed E-state index contributed by atoms with van der Waals surface area (Å²) in [5.41, 5.74) is 4.11. The molecule has 2 aromatic carbocycles. The van der Waals surface area contributed by atoms with Crippen molar-refractivity contribution in [1.82, 2.24) is 9.97 Å².